The van der Waals surface area contributed by atoms with Gasteiger partial charge in [0.15, 0.2) is 11.3 Å². The number of cyclic esters (lactones) is 1. The number of hydrogen-bond donors (Lipinski definition) is 3. The minimum absolute atomic E-state index is 0.0881. The second-order valence-electron chi connectivity index (χ2n) is 18.4. The third kappa shape index (κ3) is 10.4. The molecule has 3 N–H and O–H groups in total. The molecule has 376 valence electrons. The molecule has 0 unspecified atom stereocenters. The molecule has 20 heteroatoms. The van der Waals surface area contributed by atoms with E-state index in [1.807, 2.05) is 0 Å². The molecule has 1 aliphatic carbocycles. The van der Waals surface area contributed by atoms with E-state index in [9.17, 15) is 41.5 Å². The Morgan fingerprint density at radius 3 is 1.64 bits per heavy atom. The van der Waals surface area contributed by atoms with Gasteiger partial charge in [0.2, 0.25) is 0 Å². The van der Waals surface area contributed by atoms with Crippen LogP contribution in [0.15, 0.2) is 133 Å². The molecule has 1 fully saturated rings. The molecule has 5 amide bonds. The Morgan fingerprint density at radius 2 is 1.21 bits per heavy atom. The molecule has 16 nitrogen and oxygen atoms in total. The molecular formula is C52H52F4N8O8. The number of rotatable bonds is 18. The van der Waals surface area contributed by atoms with Crippen molar-refractivity contribution in [1.82, 2.24) is 40.4 Å². The van der Waals surface area contributed by atoms with Crippen molar-refractivity contribution in [3.63, 3.8) is 0 Å². The van der Waals surface area contributed by atoms with Crippen LogP contribution in [-0.2, 0) is 29.6 Å². The minimum atomic E-state index is -3.62. The van der Waals surface area contributed by atoms with Gasteiger partial charge in [-0.15, -0.1) is 0 Å². The third-order valence-corrected chi connectivity index (χ3v) is 12.3. The highest BCUT2D eigenvalue weighted by Crippen LogP contribution is 2.39. The second-order valence-corrected chi connectivity index (χ2v) is 18.4. The number of nitrogens with zero attached hydrogens (tertiary/aromatic N) is 5. The monoisotopic (exact) mass is 992 g/mol. The number of nitrogens with one attached hydrogen (secondary N) is 3. The summed E-state index contributed by atoms with van der Waals surface area (Å²) in [6.45, 7) is 6.91. The van der Waals surface area contributed by atoms with Crippen LogP contribution in [0.1, 0.15) is 71.3 Å². The lowest BCUT2D eigenvalue weighted by molar-refractivity contribution is -0.144. The number of allylic oxidation sites excluding steroid dienone is 2. The van der Waals surface area contributed by atoms with Crippen molar-refractivity contribution in [1.29, 1.82) is 0 Å². The van der Waals surface area contributed by atoms with Crippen molar-refractivity contribution in [2.45, 2.75) is 95.4 Å². The molecule has 1 aliphatic heterocycles. The highest BCUT2D eigenvalue weighted by Gasteiger charge is 2.47. The molecule has 4 atom stereocenters. The number of ether oxygens (including phenoxy) is 3. The summed E-state index contributed by atoms with van der Waals surface area (Å²) in [4.78, 5) is 64.9. The van der Waals surface area contributed by atoms with Crippen molar-refractivity contribution < 1.29 is 55.7 Å². The maximum atomic E-state index is 14.0. The number of halogens is 4. The third-order valence-electron chi connectivity index (χ3n) is 12.3. The number of carbonyl (C=O) groups excluding carboxylic acids is 5. The van der Waals surface area contributed by atoms with Gasteiger partial charge in [-0.05, 0) is 81.3 Å². The van der Waals surface area contributed by atoms with Crippen molar-refractivity contribution in [3.05, 3.63) is 144 Å². The van der Waals surface area contributed by atoms with Gasteiger partial charge < -0.3 is 30.2 Å². The van der Waals surface area contributed by atoms with Gasteiger partial charge in [-0.3, -0.25) is 19.2 Å². The van der Waals surface area contributed by atoms with Crippen LogP contribution in [-0.4, -0.2) is 96.8 Å². The molecule has 0 radical (unpaired) electrons. The van der Waals surface area contributed by atoms with E-state index in [1.165, 1.54) is 13.8 Å². The molecule has 4 aromatic carbocycles. The average Bonchev–Trinajstić information content (AvgIpc) is 4.03. The first-order valence-electron chi connectivity index (χ1n) is 23.1. The zero-order valence-corrected chi connectivity index (χ0v) is 40.1. The number of imide groups is 1. The van der Waals surface area contributed by atoms with Gasteiger partial charge in [-0.1, -0.05) is 72.8 Å². The molecule has 0 spiro atoms. The predicted molar refractivity (Wildman–Crippen MR) is 256 cm³/mol. The number of fused-ring (bicyclic) bond motifs is 2. The highest BCUT2D eigenvalue weighted by atomic mass is 19.3. The van der Waals surface area contributed by atoms with Crippen molar-refractivity contribution in [2.75, 3.05) is 13.1 Å². The Hall–Kier alpha value is -8.03. The summed E-state index contributed by atoms with van der Waals surface area (Å²) >= 11 is 0. The first-order chi connectivity index (χ1) is 34.1. The summed E-state index contributed by atoms with van der Waals surface area (Å²) < 4.78 is 77.5. The van der Waals surface area contributed by atoms with E-state index in [0.717, 1.165) is 4.90 Å². The maximum Gasteiger partial charge on any atom is 0.417 e. The summed E-state index contributed by atoms with van der Waals surface area (Å²) in [5, 5.41) is 18.4. The van der Waals surface area contributed by atoms with E-state index < -0.39 is 77.1 Å². The van der Waals surface area contributed by atoms with Crippen LogP contribution in [0.4, 0.5) is 22.4 Å². The van der Waals surface area contributed by atoms with E-state index in [4.69, 9.17) is 24.4 Å². The number of carbonyl (C=O) groups is 5. The van der Waals surface area contributed by atoms with E-state index >= 15 is 0 Å². The molecule has 2 aromatic heterocycles. The van der Waals surface area contributed by atoms with E-state index in [0.29, 0.717) is 58.3 Å². The van der Waals surface area contributed by atoms with Crippen LogP contribution < -0.4 is 25.4 Å². The first kappa shape index (κ1) is 50.4. The number of benzene rings is 4. The van der Waals surface area contributed by atoms with Crippen molar-refractivity contribution in [3.8, 4) is 11.5 Å². The molecule has 0 saturated carbocycles. The lowest BCUT2D eigenvalue weighted by Crippen LogP contribution is -2.46. The molecule has 2 aliphatic rings. The standard InChI is InChI=1S/C52H52F4N8O8/c1-31(60-45(66)50(5,53)54)42(33-14-9-7-10-15-33)70-38-19-21-40-36(26-38)29-58-63(40)52(23-13-18-35(28-52)44(65)57-24-25-62-47(68)49(3,4)72-48(62)69)64-41-22-20-39(27-37(41)30-59-64)71-43(34-16-11-8-12-17-34)32(2)61-46(67)51(6,55)56/h7-22,26-32,42-43H,23-25H2,1-6H3,(H,57,65)(H,60,66)(H,61,67)/t31-,32-,42-,43-/m0/s1. The van der Waals surface area contributed by atoms with Gasteiger partial charge in [0.1, 0.15) is 23.7 Å². The second kappa shape index (κ2) is 19.6. The van der Waals surface area contributed by atoms with Crippen molar-refractivity contribution >= 4 is 51.5 Å². The molecule has 3 heterocycles. The zero-order valence-electron chi connectivity index (χ0n) is 40.1. The number of hydrogen-bond acceptors (Lipinski definition) is 10. The van der Waals surface area contributed by atoms with Gasteiger partial charge in [-0.25, -0.2) is 19.1 Å². The summed E-state index contributed by atoms with van der Waals surface area (Å²) in [5.41, 5.74) is -0.140. The molecular weight excluding hydrogens is 941 g/mol. The minimum Gasteiger partial charge on any atom is -0.484 e. The van der Waals surface area contributed by atoms with Gasteiger partial charge in [0.05, 0.1) is 35.5 Å². The van der Waals surface area contributed by atoms with Gasteiger partial charge in [-0.2, -0.15) is 27.8 Å². The Labute approximate surface area is 410 Å². The molecule has 8 rings (SSSR count). The largest absolute Gasteiger partial charge is 0.484 e. The van der Waals surface area contributed by atoms with E-state index in [1.54, 1.807) is 151 Å². The van der Waals surface area contributed by atoms with Crippen LogP contribution >= 0.6 is 0 Å². The zero-order chi connectivity index (χ0) is 51.8. The van der Waals surface area contributed by atoms with E-state index in [2.05, 4.69) is 16.0 Å². The summed E-state index contributed by atoms with van der Waals surface area (Å²) in [5.74, 6) is -10.5. The van der Waals surface area contributed by atoms with Gasteiger partial charge in [0, 0.05) is 49.7 Å². The fraction of sp³-hybridized carbons (Fsp3) is 0.327. The fourth-order valence-corrected chi connectivity index (χ4v) is 8.64. The van der Waals surface area contributed by atoms with Gasteiger partial charge >= 0.3 is 17.9 Å². The Bertz CT molecular complexity index is 2930. The number of alkyl halides is 4. The quantitative estimate of drug-likeness (QED) is 0.0715. The molecule has 72 heavy (non-hydrogen) atoms. The summed E-state index contributed by atoms with van der Waals surface area (Å²) in [6.07, 6.45) is 5.93. The topological polar surface area (TPSA) is 188 Å². The van der Waals surface area contributed by atoms with Crippen molar-refractivity contribution in [2.24, 2.45) is 0 Å². The van der Waals surface area contributed by atoms with Crippen LogP contribution in [0.25, 0.3) is 21.8 Å². The van der Waals surface area contributed by atoms with E-state index in [-0.39, 0.29) is 25.1 Å². The Kier molecular flexibility index (Phi) is 13.7. The highest BCUT2D eigenvalue weighted by molar-refractivity contribution is 6.02. The lowest BCUT2D eigenvalue weighted by atomic mass is 9.95. The Balaban J connectivity index is 1.15. The number of aromatic nitrogens is 4. The molecule has 1 saturated heterocycles. The van der Waals surface area contributed by atoms with Gasteiger partial charge in [0.25, 0.3) is 23.6 Å². The van der Waals surface area contributed by atoms with Crippen LogP contribution in [0.5, 0.6) is 11.5 Å². The molecule has 6 aromatic rings. The van der Waals surface area contributed by atoms with Crippen LogP contribution in [0.2, 0.25) is 0 Å². The number of amides is 5. The molecule has 0 bridgehead atoms. The average molecular weight is 993 g/mol. The first-order valence-corrected chi connectivity index (χ1v) is 23.1. The van der Waals surface area contributed by atoms with Crippen LogP contribution in [0, 0.1) is 0 Å². The SMILES string of the molecule is C[C@H](NC(=O)C(C)(F)F)[C@H](Oc1ccc2c(cnn2C2(n3ncc4cc(O[C@H](c5ccccc5)[C@H](C)NC(=O)C(C)(F)F)ccc43)C=C(C(=O)NCCN3C(=O)OC(C)(C)C3=O)C=CC2)c1)c1ccccc1. The lowest BCUT2D eigenvalue weighted by Gasteiger charge is -2.35. The Morgan fingerprint density at radius 1 is 0.736 bits per heavy atom. The van der Waals surface area contributed by atoms with Crippen LogP contribution in [0.3, 0.4) is 0 Å². The normalized spacial score (nSPS) is 17.1. The fourth-order valence-electron chi connectivity index (χ4n) is 8.64. The summed E-state index contributed by atoms with van der Waals surface area (Å²) in [6, 6.07) is 26.2. The smallest absolute Gasteiger partial charge is 0.417 e. The maximum absolute atomic E-state index is 14.0. The summed E-state index contributed by atoms with van der Waals surface area (Å²) in [7, 11) is 0. The predicted octanol–water partition coefficient (Wildman–Crippen LogP) is 7.91.